The second-order valence-corrected chi connectivity index (χ2v) is 8.17. The van der Waals surface area contributed by atoms with Crippen molar-refractivity contribution in [2.24, 2.45) is 0 Å². The second-order valence-electron chi connectivity index (χ2n) is 5.88. The van der Waals surface area contributed by atoms with E-state index in [0.717, 1.165) is 16.2 Å². The standard InChI is InChI=1S/C18H19N3O3S2/c1-3-12-8-14-17(26-12)20-10-21(18(14)24)9-15(23)16-5-4-13(25-16)6-7-19-11(2)22/h4-5,8,10H,3,6-7,9H2,1-2H3,(H,19,22). The third-order valence-corrected chi connectivity index (χ3v) is 6.29. The summed E-state index contributed by atoms with van der Waals surface area (Å²) in [5.41, 5.74) is -0.179. The number of aryl methyl sites for hydroxylation is 1. The van der Waals surface area contributed by atoms with Crippen molar-refractivity contribution in [3.05, 3.63) is 49.5 Å². The average Bonchev–Trinajstić information content (AvgIpc) is 3.24. The molecule has 0 aliphatic rings. The molecule has 0 aliphatic carbocycles. The number of aromatic nitrogens is 2. The van der Waals surface area contributed by atoms with Gasteiger partial charge in [-0.05, 0) is 31.0 Å². The largest absolute Gasteiger partial charge is 0.356 e. The van der Waals surface area contributed by atoms with Crippen LogP contribution in [0.2, 0.25) is 0 Å². The van der Waals surface area contributed by atoms with Crippen molar-refractivity contribution in [1.29, 1.82) is 0 Å². The van der Waals surface area contributed by atoms with Crippen molar-refractivity contribution >= 4 is 44.6 Å². The summed E-state index contributed by atoms with van der Waals surface area (Å²) in [6.45, 7) is 4.03. The number of nitrogens with zero attached hydrogens (tertiary/aromatic N) is 2. The van der Waals surface area contributed by atoms with Gasteiger partial charge in [0.25, 0.3) is 5.56 Å². The summed E-state index contributed by atoms with van der Waals surface area (Å²) in [6, 6.07) is 5.52. The lowest BCUT2D eigenvalue weighted by atomic mass is 10.3. The lowest BCUT2D eigenvalue weighted by Crippen LogP contribution is -2.23. The minimum atomic E-state index is -0.179. The number of rotatable bonds is 7. The van der Waals surface area contributed by atoms with Crippen molar-refractivity contribution in [2.45, 2.75) is 33.2 Å². The molecule has 0 unspecified atom stereocenters. The summed E-state index contributed by atoms with van der Waals surface area (Å²) in [6.07, 6.45) is 2.99. The Balaban J connectivity index is 1.73. The molecule has 0 saturated carbocycles. The van der Waals surface area contributed by atoms with Crippen LogP contribution in [0.3, 0.4) is 0 Å². The summed E-state index contributed by atoms with van der Waals surface area (Å²) < 4.78 is 1.37. The van der Waals surface area contributed by atoms with E-state index < -0.39 is 0 Å². The van der Waals surface area contributed by atoms with Gasteiger partial charge >= 0.3 is 0 Å². The number of carbonyl (C=O) groups is 2. The van der Waals surface area contributed by atoms with Crippen LogP contribution in [0.4, 0.5) is 0 Å². The molecule has 0 aromatic carbocycles. The Kier molecular flexibility index (Phi) is 5.63. The molecule has 0 aliphatic heterocycles. The molecule has 3 aromatic rings. The van der Waals surface area contributed by atoms with Gasteiger partial charge in [0.15, 0.2) is 5.78 Å². The van der Waals surface area contributed by atoms with Gasteiger partial charge in [-0.25, -0.2) is 4.98 Å². The van der Waals surface area contributed by atoms with E-state index in [2.05, 4.69) is 10.3 Å². The first-order valence-electron chi connectivity index (χ1n) is 8.32. The third-order valence-electron chi connectivity index (χ3n) is 3.91. The van der Waals surface area contributed by atoms with Gasteiger partial charge in [-0.15, -0.1) is 22.7 Å². The highest BCUT2D eigenvalue weighted by Crippen LogP contribution is 2.21. The van der Waals surface area contributed by atoms with Gasteiger partial charge in [0.1, 0.15) is 4.83 Å². The van der Waals surface area contributed by atoms with Gasteiger partial charge in [0.2, 0.25) is 5.91 Å². The summed E-state index contributed by atoms with van der Waals surface area (Å²) in [4.78, 5) is 43.7. The molecule has 0 radical (unpaired) electrons. The summed E-state index contributed by atoms with van der Waals surface area (Å²) in [7, 11) is 0. The lowest BCUT2D eigenvalue weighted by molar-refractivity contribution is -0.118. The van der Waals surface area contributed by atoms with E-state index in [1.54, 1.807) is 6.07 Å². The normalized spacial score (nSPS) is 11.0. The third kappa shape index (κ3) is 4.08. The zero-order valence-electron chi connectivity index (χ0n) is 14.6. The maximum Gasteiger partial charge on any atom is 0.262 e. The van der Waals surface area contributed by atoms with Crippen LogP contribution in [-0.4, -0.2) is 27.8 Å². The molecule has 136 valence electrons. The van der Waals surface area contributed by atoms with Gasteiger partial charge < -0.3 is 5.32 Å². The quantitative estimate of drug-likeness (QED) is 0.630. The van der Waals surface area contributed by atoms with Crippen molar-refractivity contribution < 1.29 is 9.59 Å². The average molecular weight is 390 g/mol. The maximum absolute atomic E-state index is 12.6. The van der Waals surface area contributed by atoms with Crippen molar-refractivity contribution in [3.8, 4) is 0 Å². The fourth-order valence-corrected chi connectivity index (χ4v) is 4.42. The topological polar surface area (TPSA) is 81.1 Å². The van der Waals surface area contributed by atoms with Crippen LogP contribution in [0.5, 0.6) is 0 Å². The highest BCUT2D eigenvalue weighted by molar-refractivity contribution is 7.18. The molecule has 26 heavy (non-hydrogen) atoms. The van der Waals surface area contributed by atoms with Gasteiger partial charge in [0.05, 0.1) is 23.1 Å². The highest BCUT2D eigenvalue weighted by atomic mass is 32.1. The Labute approximate surface area is 158 Å². The van der Waals surface area contributed by atoms with E-state index in [1.807, 2.05) is 19.1 Å². The van der Waals surface area contributed by atoms with Gasteiger partial charge in [-0.2, -0.15) is 0 Å². The number of hydrogen-bond donors (Lipinski definition) is 1. The molecule has 1 N–H and O–H groups in total. The molecule has 0 atom stereocenters. The smallest absolute Gasteiger partial charge is 0.262 e. The van der Waals surface area contributed by atoms with Crippen LogP contribution in [0.15, 0.2) is 29.3 Å². The molecule has 1 amide bonds. The Morgan fingerprint density at radius 1 is 1.23 bits per heavy atom. The molecule has 0 spiro atoms. The molecule has 8 heteroatoms. The predicted octanol–water partition coefficient (Wildman–Crippen LogP) is 2.64. The SMILES string of the molecule is CCc1cc2c(=O)n(CC(=O)c3ccc(CCNC(C)=O)s3)cnc2s1. The number of nitrogens with one attached hydrogen (secondary N) is 1. The highest BCUT2D eigenvalue weighted by Gasteiger charge is 2.14. The first-order chi connectivity index (χ1) is 12.5. The maximum atomic E-state index is 12.6. The first-order valence-corrected chi connectivity index (χ1v) is 9.95. The van der Waals surface area contributed by atoms with Gasteiger partial charge in [-0.3, -0.25) is 19.0 Å². The monoisotopic (exact) mass is 389 g/mol. The zero-order chi connectivity index (χ0) is 18.7. The Bertz CT molecular complexity index is 1020. The summed E-state index contributed by atoms with van der Waals surface area (Å²) in [5, 5.41) is 3.31. The van der Waals surface area contributed by atoms with Crippen LogP contribution in [0, 0.1) is 0 Å². The summed E-state index contributed by atoms with van der Waals surface area (Å²) >= 11 is 2.91. The van der Waals surface area contributed by atoms with E-state index >= 15 is 0 Å². The molecule has 3 heterocycles. The minimum Gasteiger partial charge on any atom is -0.356 e. The van der Waals surface area contributed by atoms with Crippen LogP contribution in [0.25, 0.3) is 10.2 Å². The van der Waals surface area contributed by atoms with E-state index in [9.17, 15) is 14.4 Å². The number of hydrogen-bond acceptors (Lipinski definition) is 6. The Morgan fingerprint density at radius 2 is 2.04 bits per heavy atom. The first kappa shape index (κ1) is 18.5. The molecular weight excluding hydrogens is 370 g/mol. The number of amides is 1. The zero-order valence-corrected chi connectivity index (χ0v) is 16.2. The molecule has 0 fully saturated rings. The number of ketones is 1. The molecule has 0 saturated heterocycles. The molecular formula is C18H19N3O3S2. The lowest BCUT2D eigenvalue weighted by Gasteiger charge is -2.03. The molecule has 3 aromatic heterocycles. The van der Waals surface area contributed by atoms with Crippen molar-refractivity contribution in [1.82, 2.24) is 14.9 Å². The van der Waals surface area contributed by atoms with Crippen LogP contribution in [-0.2, 0) is 24.2 Å². The van der Waals surface area contributed by atoms with E-state index in [-0.39, 0.29) is 23.8 Å². The Morgan fingerprint density at radius 3 is 2.77 bits per heavy atom. The molecule has 0 bridgehead atoms. The Hall–Kier alpha value is -2.32. The second kappa shape index (κ2) is 7.92. The molecule has 6 nitrogen and oxygen atoms in total. The fourth-order valence-electron chi connectivity index (χ4n) is 2.55. The van der Waals surface area contributed by atoms with Gasteiger partial charge in [0, 0.05) is 23.2 Å². The summed E-state index contributed by atoms with van der Waals surface area (Å²) in [5.74, 6) is -0.185. The van der Waals surface area contributed by atoms with Crippen molar-refractivity contribution in [3.63, 3.8) is 0 Å². The van der Waals surface area contributed by atoms with Gasteiger partial charge in [-0.1, -0.05) is 6.92 Å². The number of thiophene rings is 2. The number of Topliss-reactive ketones (excluding diaryl/α,β-unsaturated/α-hetero) is 1. The van der Waals surface area contributed by atoms with E-state index in [4.69, 9.17) is 0 Å². The van der Waals surface area contributed by atoms with E-state index in [0.29, 0.717) is 28.1 Å². The minimum absolute atomic E-state index is 0.0231. The van der Waals surface area contributed by atoms with Crippen LogP contribution >= 0.6 is 22.7 Å². The van der Waals surface area contributed by atoms with Crippen LogP contribution in [0.1, 0.15) is 33.3 Å². The van der Waals surface area contributed by atoms with Crippen molar-refractivity contribution in [2.75, 3.05) is 6.54 Å². The van der Waals surface area contributed by atoms with Crippen LogP contribution < -0.4 is 10.9 Å². The number of carbonyl (C=O) groups excluding carboxylic acids is 2. The van der Waals surface area contributed by atoms with E-state index in [1.165, 1.54) is 40.5 Å². The molecule has 3 rings (SSSR count). The number of fused-ring (bicyclic) bond motifs is 1. The predicted molar refractivity (Wildman–Crippen MR) is 104 cm³/mol. The fraction of sp³-hybridized carbons (Fsp3) is 0.333.